The van der Waals surface area contributed by atoms with E-state index in [1.807, 2.05) is 36.1 Å². The molecule has 7 heteroatoms. The first-order valence-electron chi connectivity index (χ1n) is 8.40. The topological polar surface area (TPSA) is 68.8 Å². The van der Waals surface area contributed by atoms with E-state index in [1.165, 1.54) is 18.5 Å². The van der Waals surface area contributed by atoms with Crippen molar-refractivity contribution in [3.8, 4) is 17.1 Å². The molecular formula is C18H22ClN5O. The fourth-order valence-corrected chi connectivity index (χ4v) is 2.87. The summed E-state index contributed by atoms with van der Waals surface area (Å²) in [5, 5.41) is 11.9. The highest BCUT2D eigenvalue weighted by Gasteiger charge is 2.33. The third-order valence-electron chi connectivity index (χ3n) is 4.45. The van der Waals surface area contributed by atoms with Crippen molar-refractivity contribution in [1.82, 2.24) is 25.2 Å². The molecule has 1 fully saturated rings. The maximum atomic E-state index is 5.52. The van der Waals surface area contributed by atoms with Gasteiger partial charge in [0.1, 0.15) is 0 Å². The van der Waals surface area contributed by atoms with Crippen LogP contribution in [-0.4, -0.2) is 33.0 Å². The zero-order valence-electron chi connectivity index (χ0n) is 14.3. The predicted molar refractivity (Wildman–Crippen MR) is 98.3 cm³/mol. The first kappa shape index (κ1) is 17.6. The van der Waals surface area contributed by atoms with Gasteiger partial charge in [-0.3, -0.25) is 0 Å². The largest absolute Gasteiger partial charge is 0.334 e. The van der Waals surface area contributed by atoms with Crippen molar-refractivity contribution in [2.45, 2.75) is 38.1 Å². The van der Waals surface area contributed by atoms with Gasteiger partial charge in [0.15, 0.2) is 5.82 Å². The van der Waals surface area contributed by atoms with Gasteiger partial charge in [-0.25, -0.2) is 4.68 Å². The molecule has 1 unspecified atom stereocenters. The number of hydrogen-bond donors (Lipinski definition) is 1. The number of halogens is 1. The standard InChI is InChI=1S/C18H21N5O.ClH/c1-12(19-2)10-16-21-18(24-22-16)15-11-20-23(17(15)13-8-9-13)14-6-4-3-5-7-14;/h3-7,11-13,19H,8-10H2,1-2H3;1H. The molecule has 1 atom stereocenters. The molecule has 6 nitrogen and oxygen atoms in total. The molecule has 1 saturated carbocycles. The van der Waals surface area contributed by atoms with E-state index in [2.05, 4.69) is 39.6 Å². The Kier molecular flexibility index (Phi) is 5.20. The normalized spacial score (nSPS) is 15.0. The Balaban J connectivity index is 0.00000182. The van der Waals surface area contributed by atoms with Crippen molar-refractivity contribution in [3.05, 3.63) is 48.0 Å². The summed E-state index contributed by atoms with van der Waals surface area (Å²) in [6, 6.07) is 10.5. The summed E-state index contributed by atoms with van der Waals surface area (Å²) in [4.78, 5) is 4.58. The minimum absolute atomic E-state index is 0. The Morgan fingerprint density at radius 2 is 2.04 bits per heavy atom. The maximum Gasteiger partial charge on any atom is 0.261 e. The quantitative estimate of drug-likeness (QED) is 0.730. The molecule has 1 N–H and O–H groups in total. The van der Waals surface area contributed by atoms with Crippen LogP contribution in [0.15, 0.2) is 41.1 Å². The third-order valence-corrected chi connectivity index (χ3v) is 4.45. The van der Waals surface area contributed by atoms with E-state index >= 15 is 0 Å². The van der Waals surface area contributed by atoms with Crippen molar-refractivity contribution in [1.29, 1.82) is 0 Å². The van der Waals surface area contributed by atoms with E-state index in [0.29, 0.717) is 17.9 Å². The molecule has 25 heavy (non-hydrogen) atoms. The number of nitrogens with one attached hydrogen (secondary N) is 1. The van der Waals surface area contributed by atoms with Gasteiger partial charge in [-0.1, -0.05) is 23.4 Å². The van der Waals surface area contributed by atoms with E-state index in [9.17, 15) is 0 Å². The van der Waals surface area contributed by atoms with Gasteiger partial charge in [0.25, 0.3) is 5.89 Å². The first-order valence-corrected chi connectivity index (χ1v) is 8.40. The molecule has 0 spiro atoms. The van der Waals surface area contributed by atoms with Gasteiger partial charge in [-0.2, -0.15) is 10.1 Å². The minimum atomic E-state index is 0. The van der Waals surface area contributed by atoms with Gasteiger partial charge < -0.3 is 9.84 Å². The summed E-state index contributed by atoms with van der Waals surface area (Å²) in [7, 11) is 1.93. The second-order valence-corrected chi connectivity index (χ2v) is 6.37. The summed E-state index contributed by atoms with van der Waals surface area (Å²) in [6.07, 6.45) is 4.96. The molecule has 0 radical (unpaired) electrons. The number of likely N-dealkylation sites (N-methyl/N-ethyl adjacent to an activating group) is 1. The molecule has 2 heterocycles. The number of benzene rings is 1. The van der Waals surface area contributed by atoms with Crippen molar-refractivity contribution in [3.63, 3.8) is 0 Å². The van der Waals surface area contributed by atoms with Crippen LogP contribution in [0.1, 0.15) is 37.2 Å². The Morgan fingerprint density at radius 3 is 2.72 bits per heavy atom. The lowest BCUT2D eigenvalue weighted by Gasteiger charge is -2.07. The van der Waals surface area contributed by atoms with Crippen LogP contribution < -0.4 is 5.32 Å². The SMILES string of the molecule is CNC(C)Cc1noc(-c2cnn(-c3ccccc3)c2C2CC2)n1.Cl. The monoisotopic (exact) mass is 359 g/mol. The number of para-hydroxylation sites is 1. The highest BCUT2D eigenvalue weighted by molar-refractivity contribution is 5.85. The minimum Gasteiger partial charge on any atom is -0.334 e. The van der Waals surface area contributed by atoms with Crippen molar-refractivity contribution in [2.75, 3.05) is 7.05 Å². The van der Waals surface area contributed by atoms with Crippen LogP contribution in [0.2, 0.25) is 0 Å². The summed E-state index contributed by atoms with van der Waals surface area (Å²) in [6.45, 7) is 2.10. The van der Waals surface area contributed by atoms with Crippen LogP contribution in [-0.2, 0) is 6.42 Å². The summed E-state index contributed by atoms with van der Waals surface area (Å²) in [5.41, 5.74) is 3.20. The molecule has 1 aliphatic carbocycles. The van der Waals surface area contributed by atoms with Crippen LogP contribution in [0.3, 0.4) is 0 Å². The predicted octanol–water partition coefficient (Wildman–Crippen LogP) is 3.37. The number of rotatable bonds is 6. The fourth-order valence-electron chi connectivity index (χ4n) is 2.87. The van der Waals surface area contributed by atoms with Gasteiger partial charge in [-0.15, -0.1) is 12.4 Å². The molecular weight excluding hydrogens is 338 g/mol. The molecule has 132 valence electrons. The molecule has 0 amide bonds. The summed E-state index contributed by atoms with van der Waals surface area (Å²) in [5.74, 6) is 1.81. The lowest BCUT2D eigenvalue weighted by molar-refractivity contribution is 0.418. The number of hydrogen-bond acceptors (Lipinski definition) is 5. The zero-order chi connectivity index (χ0) is 16.5. The molecule has 3 aromatic rings. The number of aromatic nitrogens is 4. The van der Waals surface area contributed by atoms with Crippen LogP contribution in [0.5, 0.6) is 0 Å². The third kappa shape index (κ3) is 3.60. The first-order chi connectivity index (χ1) is 11.8. The average Bonchev–Trinajstić information content (AvgIpc) is 3.19. The van der Waals surface area contributed by atoms with Crippen LogP contribution in [0.25, 0.3) is 17.1 Å². The van der Waals surface area contributed by atoms with Crippen molar-refractivity contribution in [2.24, 2.45) is 0 Å². The molecule has 1 aromatic carbocycles. The lowest BCUT2D eigenvalue weighted by Crippen LogP contribution is -2.24. The van der Waals surface area contributed by atoms with Gasteiger partial charge >= 0.3 is 0 Å². The average molecular weight is 360 g/mol. The van der Waals surface area contributed by atoms with Gasteiger partial charge in [0, 0.05) is 18.4 Å². The summed E-state index contributed by atoms with van der Waals surface area (Å²) >= 11 is 0. The van der Waals surface area contributed by atoms with Gasteiger partial charge in [-0.05, 0) is 38.9 Å². The fraction of sp³-hybridized carbons (Fsp3) is 0.389. The Hall–Kier alpha value is -2.18. The van der Waals surface area contributed by atoms with Crippen LogP contribution in [0.4, 0.5) is 0 Å². The van der Waals surface area contributed by atoms with E-state index < -0.39 is 0 Å². The molecule has 0 aliphatic heterocycles. The molecule has 0 bridgehead atoms. The Bertz CT molecular complexity index is 825. The Labute approximate surface area is 153 Å². The van der Waals surface area contributed by atoms with E-state index in [-0.39, 0.29) is 12.4 Å². The van der Waals surface area contributed by atoms with E-state index in [0.717, 1.165) is 23.5 Å². The second kappa shape index (κ2) is 7.37. The van der Waals surface area contributed by atoms with Crippen molar-refractivity contribution >= 4 is 12.4 Å². The van der Waals surface area contributed by atoms with E-state index in [1.54, 1.807) is 0 Å². The highest BCUT2D eigenvalue weighted by atomic mass is 35.5. The Morgan fingerprint density at radius 1 is 1.28 bits per heavy atom. The van der Waals surface area contributed by atoms with Gasteiger partial charge in [0.05, 0.1) is 23.1 Å². The molecule has 4 rings (SSSR count). The molecule has 2 aromatic heterocycles. The maximum absolute atomic E-state index is 5.52. The smallest absolute Gasteiger partial charge is 0.261 e. The van der Waals surface area contributed by atoms with Crippen LogP contribution >= 0.6 is 12.4 Å². The zero-order valence-corrected chi connectivity index (χ0v) is 15.2. The van der Waals surface area contributed by atoms with E-state index in [4.69, 9.17) is 4.52 Å². The lowest BCUT2D eigenvalue weighted by atomic mass is 10.1. The molecule has 1 aliphatic rings. The second-order valence-electron chi connectivity index (χ2n) is 6.37. The molecule has 0 saturated heterocycles. The van der Waals surface area contributed by atoms with Crippen molar-refractivity contribution < 1.29 is 4.52 Å². The number of nitrogens with zero attached hydrogens (tertiary/aromatic N) is 4. The van der Waals surface area contributed by atoms with Crippen LogP contribution in [0, 0.1) is 0 Å². The van der Waals surface area contributed by atoms with Gasteiger partial charge in [0.2, 0.25) is 0 Å². The highest BCUT2D eigenvalue weighted by Crippen LogP contribution is 2.44. The summed E-state index contributed by atoms with van der Waals surface area (Å²) < 4.78 is 7.53.